The van der Waals surface area contributed by atoms with Gasteiger partial charge >= 0.3 is 0 Å². The normalized spacial score (nSPS) is 12.4. The number of amides is 2. The van der Waals surface area contributed by atoms with Crippen LogP contribution in [0.4, 0.5) is 0 Å². The molecule has 0 aliphatic carbocycles. The van der Waals surface area contributed by atoms with Gasteiger partial charge in [0.1, 0.15) is 23.3 Å². The summed E-state index contributed by atoms with van der Waals surface area (Å²) >= 11 is 6.01. The summed E-state index contributed by atoms with van der Waals surface area (Å²) in [5, 5.41) is 3.59. The molecule has 0 saturated heterocycles. The van der Waals surface area contributed by atoms with Gasteiger partial charge in [0.05, 0.1) is 14.2 Å². The Morgan fingerprint density at radius 3 is 2.06 bits per heavy atom. The summed E-state index contributed by atoms with van der Waals surface area (Å²) < 4.78 is 16.3. The van der Waals surface area contributed by atoms with Crippen molar-refractivity contribution in [3.8, 4) is 17.2 Å². The van der Waals surface area contributed by atoms with E-state index in [1.807, 2.05) is 32.9 Å². The molecule has 33 heavy (non-hydrogen) atoms. The lowest BCUT2D eigenvalue weighted by Crippen LogP contribution is -2.51. The van der Waals surface area contributed by atoms with Gasteiger partial charge in [0.25, 0.3) is 5.91 Å². The average molecular weight is 477 g/mol. The van der Waals surface area contributed by atoms with Gasteiger partial charge in [0.15, 0.2) is 6.61 Å². The van der Waals surface area contributed by atoms with Gasteiger partial charge in [0.2, 0.25) is 5.91 Å². The van der Waals surface area contributed by atoms with Gasteiger partial charge in [-0.25, -0.2) is 0 Å². The molecular weight excluding hydrogens is 444 g/mol. The number of halogens is 1. The third-order valence-corrected chi connectivity index (χ3v) is 5.59. The summed E-state index contributed by atoms with van der Waals surface area (Å²) in [5.74, 6) is 1.04. The van der Waals surface area contributed by atoms with Crippen LogP contribution in [0.25, 0.3) is 0 Å². The summed E-state index contributed by atoms with van der Waals surface area (Å²) in [6.07, 6.45) is 1.27. The highest BCUT2D eigenvalue weighted by Gasteiger charge is 2.29. The summed E-state index contributed by atoms with van der Waals surface area (Å²) in [5.41, 5.74) is 0.866. The first kappa shape index (κ1) is 26.3. The second kappa shape index (κ2) is 12.9. The minimum atomic E-state index is -0.634. The Bertz CT molecular complexity index is 897. The molecule has 2 atom stereocenters. The molecule has 2 rings (SSSR count). The number of benzene rings is 2. The van der Waals surface area contributed by atoms with Crippen LogP contribution in [0.5, 0.6) is 17.2 Å². The van der Waals surface area contributed by atoms with Crippen molar-refractivity contribution in [3.63, 3.8) is 0 Å². The number of ether oxygens (including phenoxy) is 3. The van der Waals surface area contributed by atoms with Crippen LogP contribution in [0.2, 0.25) is 5.02 Å². The van der Waals surface area contributed by atoms with Crippen LogP contribution in [0.15, 0.2) is 42.5 Å². The highest BCUT2D eigenvalue weighted by atomic mass is 35.5. The predicted octanol–water partition coefficient (Wildman–Crippen LogP) is 4.46. The molecule has 7 nitrogen and oxygen atoms in total. The number of hydrogen-bond acceptors (Lipinski definition) is 5. The van der Waals surface area contributed by atoms with Gasteiger partial charge < -0.3 is 24.4 Å². The van der Waals surface area contributed by atoms with Crippen LogP contribution >= 0.6 is 11.6 Å². The number of methoxy groups -OCH3 is 2. The predicted molar refractivity (Wildman–Crippen MR) is 129 cm³/mol. The quantitative estimate of drug-likeness (QED) is 0.489. The Hall–Kier alpha value is -2.93. The second-order valence-corrected chi connectivity index (χ2v) is 8.16. The number of nitrogens with zero attached hydrogens (tertiary/aromatic N) is 1. The molecule has 2 aromatic carbocycles. The largest absolute Gasteiger partial charge is 0.496 e. The molecule has 0 fully saturated rings. The molecule has 0 aliphatic heterocycles. The summed E-state index contributed by atoms with van der Waals surface area (Å²) in [7, 11) is 3.08. The smallest absolute Gasteiger partial charge is 0.261 e. The van der Waals surface area contributed by atoms with Crippen molar-refractivity contribution in [3.05, 3.63) is 53.1 Å². The van der Waals surface area contributed by atoms with Crippen molar-refractivity contribution < 1.29 is 23.8 Å². The van der Waals surface area contributed by atoms with E-state index >= 15 is 0 Å². The van der Waals surface area contributed by atoms with Gasteiger partial charge in [-0.1, -0.05) is 37.6 Å². The number of carbonyl (C=O) groups is 2. The fourth-order valence-electron chi connectivity index (χ4n) is 3.24. The number of nitrogens with one attached hydrogen (secondary N) is 1. The van der Waals surface area contributed by atoms with Crippen molar-refractivity contribution in [1.82, 2.24) is 10.2 Å². The average Bonchev–Trinajstić information content (AvgIpc) is 2.83. The fourth-order valence-corrected chi connectivity index (χ4v) is 3.37. The molecular formula is C25H33ClN2O5. The number of carbonyl (C=O) groups excluding carboxylic acids is 2. The van der Waals surface area contributed by atoms with Crippen molar-refractivity contribution in [2.45, 2.75) is 52.2 Å². The Kier molecular flexibility index (Phi) is 10.3. The Morgan fingerprint density at radius 2 is 1.55 bits per heavy atom. The second-order valence-electron chi connectivity index (χ2n) is 7.73. The van der Waals surface area contributed by atoms with E-state index in [4.69, 9.17) is 25.8 Å². The van der Waals surface area contributed by atoms with Crippen molar-refractivity contribution in [1.29, 1.82) is 0 Å². The van der Waals surface area contributed by atoms with Crippen LogP contribution in [0.1, 0.15) is 39.2 Å². The molecule has 0 radical (unpaired) electrons. The third kappa shape index (κ3) is 7.86. The van der Waals surface area contributed by atoms with Gasteiger partial charge in [-0.3, -0.25) is 9.59 Å². The van der Waals surface area contributed by atoms with Crippen LogP contribution in [-0.2, 0) is 16.1 Å². The van der Waals surface area contributed by atoms with E-state index in [-0.39, 0.29) is 31.0 Å². The maximum atomic E-state index is 13.3. The zero-order chi connectivity index (χ0) is 24.4. The molecule has 0 saturated carbocycles. The maximum absolute atomic E-state index is 13.3. The Morgan fingerprint density at radius 1 is 0.970 bits per heavy atom. The molecule has 0 spiro atoms. The van der Waals surface area contributed by atoms with Gasteiger partial charge in [0, 0.05) is 35.8 Å². The third-order valence-electron chi connectivity index (χ3n) is 5.34. The minimum absolute atomic E-state index is 0.0135. The maximum Gasteiger partial charge on any atom is 0.261 e. The lowest BCUT2D eigenvalue weighted by molar-refractivity contribution is -0.143. The van der Waals surface area contributed by atoms with Crippen LogP contribution < -0.4 is 19.5 Å². The standard InChI is InChI=1S/C25H33ClN2O5/c1-6-17(3)27-25(30)23(7-2)28(15-18-8-10-19(26)11-9-18)24(29)16-33-22-13-20(31-4)12-21(14-22)32-5/h8-14,17,23H,6-7,15-16H2,1-5H3,(H,27,30)/t17-,23+/m1/s1. The lowest BCUT2D eigenvalue weighted by atomic mass is 10.1. The fraction of sp³-hybridized carbons (Fsp3) is 0.440. The number of hydrogen-bond donors (Lipinski definition) is 1. The minimum Gasteiger partial charge on any atom is -0.496 e. The van der Waals surface area contributed by atoms with Crippen molar-refractivity contribution >= 4 is 23.4 Å². The molecule has 0 aliphatic rings. The molecule has 0 heterocycles. The SMILES string of the molecule is CC[C@@H](C)NC(=O)[C@H](CC)N(Cc1ccc(Cl)cc1)C(=O)COc1cc(OC)cc(OC)c1. The molecule has 1 N–H and O–H groups in total. The molecule has 0 aromatic heterocycles. The van der Waals surface area contributed by atoms with E-state index in [1.165, 1.54) is 0 Å². The zero-order valence-electron chi connectivity index (χ0n) is 19.9. The van der Waals surface area contributed by atoms with Crippen LogP contribution in [0.3, 0.4) is 0 Å². The van der Waals surface area contributed by atoms with E-state index in [1.54, 1.807) is 49.5 Å². The van der Waals surface area contributed by atoms with Gasteiger partial charge in [-0.15, -0.1) is 0 Å². The summed E-state index contributed by atoms with van der Waals surface area (Å²) in [4.78, 5) is 27.8. The molecule has 0 bridgehead atoms. The lowest BCUT2D eigenvalue weighted by Gasteiger charge is -2.31. The monoisotopic (exact) mass is 476 g/mol. The van der Waals surface area contributed by atoms with E-state index in [9.17, 15) is 9.59 Å². The summed E-state index contributed by atoms with van der Waals surface area (Å²) in [6, 6.07) is 11.7. The Labute approximate surface area is 201 Å². The highest BCUT2D eigenvalue weighted by molar-refractivity contribution is 6.30. The topological polar surface area (TPSA) is 77.1 Å². The summed E-state index contributed by atoms with van der Waals surface area (Å²) in [6.45, 7) is 5.84. The van der Waals surface area contributed by atoms with Crippen molar-refractivity contribution in [2.75, 3.05) is 20.8 Å². The molecule has 2 amide bonds. The first-order valence-electron chi connectivity index (χ1n) is 11.0. The van der Waals surface area contributed by atoms with E-state index in [0.29, 0.717) is 28.7 Å². The zero-order valence-corrected chi connectivity index (χ0v) is 20.6. The van der Waals surface area contributed by atoms with Crippen molar-refractivity contribution in [2.24, 2.45) is 0 Å². The van der Waals surface area contributed by atoms with E-state index < -0.39 is 6.04 Å². The highest BCUT2D eigenvalue weighted by Crippen LogP contribution is 2.27. The first-order chi connectivity index (χ1) is 15.8. The van der Waals surface area contributed by atoms with Crippen LogP contribution in [-0.4, -0.2) is 49.6 Å². The van der Waals surface area contributed by atoms with Crippen LogP contribution in [0, 0.1) is 0 Å². The molecule has 0 unspecified atom stereocenters. The van der Waals surface area contributed by atoms with E-state index in [2.05, 4.69) is 5.32 Å². The molecule has 2 aromatic rings. The molecule has 8 heteroatoms. The van der Waals surface area contributed by atoms with Gasteiger partial charge in [-0.2, -0.15) is 0 Å². The van der Waals surface area contributed by atoms with E-state index in [0.717, 1.165) is 12.0 Å². The van der Waals surface area contributed by atoms with Gasteiger partial charge in [-0.05, 0) is 37.5 Å². The first-order valence-corrected chi connectivity index (χ1v) is 11.4. The molecule has 180 valence electrons. The Balaban J connectivity index is 2.24. The number of rotatable bonds is 12.